The first-order valence-corrected chi connectivity index (χ1v) is 31.8. The van der Waals surface area contributed by atoms with Crippen molar-refractivity contribution in [3.8, 4) is 84.6 Å². The van der Waals surface area contributed by atoms with Crippen LogP contribution in [0.4, 0.5) is 0 Å². The first kappa shape index (κ1) is 53.7. The average Bonchev–Trinajstić information content (AvgIpc) is 1.56. The lowest BCUT2D eigenvalue weighted by atomic mass is 9.75. The van der Waals surface area contributed by atoms with Crippen molar-refractivity contribution in [2.75, 3.05) is 0 Å². The number of fused-ring (bicyclic) bond motifs is 12. The molecule has 93 heavy (non-hydrogen) atoms. The first-order valence-electron chi connectivity index (χ1n) is 31.8. The third-order valence-electron chi connectivity index (χ3n) is 19.2. The van der Waals surface area contributed by atoms with Gasteiger partial charge in [0, 0.05) is 88.2 Å². The number of pyridine rings is 1. The maximum absolute atomic E-state index is 12.8. The fraction of sp³-hybridized carbons (Fsp3) is 0.0345. The molecule has 6 heteroatoms. The van der Waals surface area contributed by atoms with Gasteiger partial charge in [-0.2, -0.15) is 5.26 Å². The maximum atomic E-state index is 12.8. The molecule has 0 amide bonds. The second-order valence-corrected chi connectivity index (χ2v) is 24.6. The van der Waals surface area contributed by atoms with E-state index in [1.807, 2.05) is 13.0 Å². The lowest BCUT2D eigenvalue weighted by molar-refractivity contribution is 1.18. The molecule has 5 heterocycles. The fourth-order valence-corrected chi connectivity index (χ4v) is 15.4. The minimum Gasteiger partial charge on any atom is -0.309 e. The molecule has 0 aliphatic carbocycles. The predicted octanol–water partition coefficient (Wildman–Crippen LogP) is 22.6. The molecule has 0 fully saturated rings. The van der Waals surface area contributed by atoms with Crippen LogP contribution in [0.15, 0.2) is 297 Å². The van der Waals surface area contributed by atoms with E-state index in [2.05, 4.69) is 329 Å². The molecule has 0 atom stereocenters. The van der Waals surface area contributed by atoms with Crippen LogP contribution in [0.5, 0.6) is 0 Å². The fourth-order valence-electron chi connectivity index (χ4n) is 15.4. The van der Waals surface area contributed by atoms with Crippen LogP contribution in [-0.4, -0.2) is 23.3 Å². The van der Waals surface area contributed by atoms with Gasteiger partial charge in [-0.25, -0.2) is 0 Å². The monoisotopic (exact) mass is 1190 g/mol. The summed E-state index contributed by atoms with van der Waals surface area (Å²) < 4.78 is 9.56. The number of benzene rings is 13. The number of aromatic nitrogens is 5. The van der Waals surface area contributed by atoms with Crippen LogP contribution < -0.4 is 0 Å². The standard InChI is InChI=1S/C87H58N6/c1-54-39-49-77-69(51-54)63-26-10-14-33-73(63)90(77)61-45-41-57(42-46-61)81-82(58-43-47-62(48-44-58)91-74-34-15-11-27-64(74)70-52-55(2)40-50-78(70)91)87(68-31-20-38-80-84(68)66-29-13-17-36-76(66)93(80)60-24-8-5-9-25-60)86(72-32-18-21-56(3)89-72)71(53-88)85(81)67-30-19-37-79-83(67)65-28-12-16-35-75(65)92(79)59-22-6-4-7-23-59/h4-52H,1-3H3. The molecule has 18 aromatic rings. The van der Waals surface area contributed by atoms with Crippen molar-refractivity contribution in [3.05, 3.63) is 320 Å². The SMILES string of the molecule is Cc1ccc2c(c1)c1ccccc1n2-c1ccc(-c2c(-c3cccc4c3c3ccccc3n4-c3ccccc3)c(C#N)c(-c3cccc(C)n3)c(-c3cccc4c3c3ccccc3n4-c3ccccc3)c2-c2ccc(-n3c4ccccc4c4cc(C)ccc43)cc2)cc1. The minimum absolute atomic E-state index is 0.536. The van der Waals surface area contributed by atoms with Gasteiger partial charge in [0.15, 0.2) is 0 Å². The van der Waals surface area contributed by atoms with Crippen LogP contribution in [0.2, 0.25) is 0 Å². The zero-order valence-electron chi connectivity index (χ0n) is 51.5. The van der Waals surface area contributed by atoms with Gasteiger partial charge < -0.3 is 18.3 Å². The summed E-state index contributed by atoms with van der Waals surface area (Å²) in [6, 6.07) is 111. The third kappa shape index (κ3) is 8.24. The molecule has 0 saturated heterocycles. The van der Waals surface area contributed by atoms with Crippen molar-refractivity contribution in [2.24, 2.45) is 0 Å². The molecule has 5 aromatic heterocycles. The molecule has 436 valence electrons. The van der Waals surface area contributed by atoms with E-state index in [1.54, 1.807) is 0 Å². The molecule has 18 rings (SSSR count). The molecule has 0 aliphatic rings. The Labute approximate surface area is 537 Å². The van der Waals surface area contributed by atoms with E-state index in [0.717, 1.165) is 144 Å². The molecular weight excluding hydrogens is 1130 g/mol. The summed E-state index contributed by atoms with van der Waals surface area (Å²) in [6.07, 6.45) is 0. The minimum atomic E-state index is 0.536. The first-order chi connectivity index (χ1) is 45.9. The third-order valence-corrected chi connectivity index (χ3v) is 19.2. The molecule has 0 saturated carbocycles. The Morgan fingerprint density at radius 2 is 0.645 bits per heavy atom. The van der Waals surface area contributed by atoms with Crippen molar-refractivity contribution in [1.82, 2.24) is 23.3 Å². The highest BCUT2D eigenvalue weighted by molar-refractivity contribution is 6.24. The second-order valence-electron chi connectivity index (χ2n) is 24.6. The van der Waals surface area contributed by atoms with E-state index in [9.17, 15) is 5.26 Å². The highest BCUT2D eigenvalue weighted by Crippen LogP contribution is 2.56. The van der Waals surface area contributed by atoms with Crippen LogP contribution in [0.25, 0.3) is 166 Å². The van der Waals surface area contributed by atoms with E-state index in [1.165, 1.54) is 32.7 Å². The topological polar surface area (TPSA) is 56.4 Å². The van der Waals surface area contributed by atoms with Crippen molar-refractivity contribution in [3.63, 3.8) is 0 Å². The van der Waals surface area contributed by atoms with E-state index < -0.39 is 0 Å². The summed E-state index contributed by atoms with van der Waals surface area (Å²) in [5.74, 6) is 0. The molecule has 0 radical (unpaired) electrons. The van der Waals surface area contributed by atoms with Crippen molar-refractivity contribution < 1.29 is 0 Å². The average molecular weight is 1190 g/mol. The van der Waals surface area contributed by atoms with Gasteiger partial charge in [-0.1, -0.05) is 187 Å². The van der Waals surface area contributed by atoms with E-state index in [-0.39, 0.29) is 0 Å². The Hall–Kier alpha value is -12.3. The van der Waals surface area contributed by atoms with E-state index in [0.29, 0.717) is 11.3 Å². The largest absolute Gasteiger partial charge is 0.309 e. The zero-order chi connectivity index (χ0) is 62.0. The van der Waals surface area contributed by atoms with Crippen LogP contribution in [0, 0.1) is 32.1 Å². The summed E-state index contributed by atoms with van der Waals surface area (Å²) in [4.78, 5) is 5.50. The highest BCUT2D eigenvalue weighted by atomic mass is 15.0. The molecule has 0 aliphatic heterocycles. The second kappa shape index (κ2) is 21.2. The number of nitriles is 1. The number of nitrogens with zero attached hydrogens (tertiary/aromatic N) is 6. The highest BCUT2D eigenvalue weighted by Gasteiger charge is 2.33. The summed E-state index contributed by atoms with van der Waals surface area (Å²) in [5.41, 5.74) is 25.9. The van der Waals surface area contributed by atoms with Crippen LogP contribution >= 0.6 is 0 Å². The molecule has 0 N–H and O–H groups in total. The van der Waals surface area contributed by atoms with Gasteiger partial charge >= 0.3 is 0 Å². The maximum Gasteiger partial charge on any atom is 0.101 e. The van der Waals surface area contributed by atoms with Gasteiger partial charge in [0.1, 0.15) is 6.07 Å². The summed E-state index contributed by atoms with van der Waals surface area (Å²) in [5, 5.41) is 22.0. The van der Waals surface area contributed by atoms with Gasteiger partial charge in [-0.15, -0.1) is 0 Å². The Kier molecular flexibility index (Phi) is 12.2. The molecule has 6 nitrogen and oxygen atoms in total. The van der Waals surface area contributed by atoms with Gasteiger partial charge in [-0.3, -0.25) is 4.98 Å². The van der Waals surface area contributed by atoms with Gasteiger partial charge in [0.05, 0.1) is 55.4 Å². The predicted molar refractivity (Wildman–Crippen MR) is 388 cm³/mol. The Bertz CT molecular complexity index is 6130. The van der Waals surface area contributed by atoms with Crippen LogP contribution in [0.3, 0.4) is 0 Å². The smallest absolute Gasteiger partial charge is 0.101 e. The summed E-state index contributed by atoms with van der Waals surface area (Å²) >= 11 is 0. The van der Waals surface area contributed by atoms with Gasteiger partial charge in [-0.05, 0) is 175 Å². The number of hydrogen-bond donors (Lipinski definition) is 0. The zero-order valence-corrected chi connectivity index (χ0v) is 51.5. The number of aryl methyl sites for hydroxylation is 3. The van der Waals surface area contributed by atoms with Gasteiger partial charge in [0.2, 0.25) is 0 Å². The Morgan fingerprint density at radius 3 is 1.11 bits per heavy atom. The summed E-state index contributed by atoms with van der Waals surface area (Å²) in [6.45, 7) is 6.38. The van der Waals surface area contributed by atoms with E-state index in [4.69, 9.17) is 4.98 Å². The Balaban J connectivity index is 1.03. The van der Waals surface area contributed by atoms with Crippen LogP contribution in [-0.2, 0) is 0 Å². The van der Waals surface area contributed by atoms with Crippen LogP contribution in [0.1, 0.15) is 22.4 Å². The summed E-state index contributed by atoms with van der Waals surface area (Å²) in [7, 11) is 0. The Morgan fingerprint density at radius 1 is 0.280 bits per heavy atom. The molecular formula is C87H58N6. The lowest BCUT2D eigenvalue weighted by Crippen LogP contribution is -2.04. The molecule has 0 spiro atoms. The quantitative estimate of drug-likeness (QED) is 0.145. The number of rotatable bonds is 9. The van der Waals surface area contributed by atoms with Crippen molar-refractivity contribution in [2.45, 2.75) is 20.8 Å². The number of para-hydroxylation sites is 6. The van der Waals surface area contributed by atoms with E-state index >= 15 is 0 Å². The van der Waals surface area contributed by atoms with Gasteiger partial charge in [0.25, 0.3) is 0 Å². The van der Waals surface area contributed by atoms with Crippen molar-refractivity contribution in [1.29, 1.82) is 5.26 Å². The molecule has 0 bridgehead atoms. The normalized spacial score (nSPS) is 11.8. The van der Waals surface area contributed by atoms with Crippen molar-refractivity contribution >= 4 is 87.2 Å². The lowest BCUT2D eigenvalue weighted by Gasteiger charge is -2.27. The molecule has 0 unspecified atom stereocenters. The molecule has 13 aromatic carbocycles. The number of hydrogen-bond acceptors (Lipinski definition) is 2.